The Kier molecular flexibility index (Phi) is 2.20. The Morgan fingerprint density at radius 2 is 2.29 bits per heavy atom. The Labute approximate surface area is 103 Å². The molecule has 2 heterocycles. The van der Waals surface area contributed by atoms with Gasteiger partial charge in [0.2, 0.25) is 0 Å². The van der Waals surface area contributed by atoms with Crippen molar-refractivity contribution >= 4 is 16.2 Å². The van der Waals surface area contributed by atoms with Gasteiger partial charge in [-0.1, -0.05) is 12.1 Å². The number of nitriles is 1. The van der Waals surface area contributed by atoms with E-state index in [0.29, 0.717) is 5.56 Å². The first-order chi connectivity index (χ1) is 8.29. The summed E-state index contributed by atoms with van der Waals surface area (Å²) in [4.78, 5) is 5.71. The van der Waals surface area contributed by atoms with Gasteiger partial charge in [-0.3, -0.25) is 4.40 Å². The van der Waals surface area contributed by atoms with Gasteiger partial charge in [0, 0.05) is 17.1 Å². The largest absolute Gasteiger partial charge is 0.290 e. The molecule has 0 aliphatic heterocycles. The van der Waals surface area contributed by atoms with Crippen molar-refractivity contribution in [3.05, 3.63) is 47.1 Å². The number of hydrogen-bond acceptors (Lipinski definition) is 3. The second-order valence-electron chi connectivity index (χ2n) is 3.79. The summed E-state index contributed by atoms with van der Waals surface area (Å²) in [7, 11) is 0. The van der Waals surface area contributed by atoms with Crippen LogP contribution in [0.25, 0.3) is 16.2 Å². The molecule has 0 radical (unpaired) electrons. The molecule has 0 saturated carbocycles. The van der Waals surface area contributed by atoms with E-state index < -0.39 is 0 Å². The second-order valence-corrected chi connectivity index (χ2v) is 4.69. The van der Waals surface area contributed by atoms with Crippen molar-refractivity contribution in [2.24, 2.45) is 0 Å². The maximum absolute atomic E-state index is 8.91. The highest BCUT2D eigenvalue weighted by Crippen LogP contribution is 2.25. The molecule has 0 amide bonds. The summed E-state index contributed by atoms with van der Waals surface area (Å²) in [6.07, 6.45) is 2.01. The Hall–Kier alpha value is -2.12. The van der Waals surface area contributed by atoms with Gasteiger partial charge in [0.05, 0.1) is 17.3 Å². The summed E-state index contributed by atoms with van der Waals surface area (Å²) in [6.45, 7) is 2.00. The second kappa shape index (κ2) is 3.72. The third kappa shape index (κ3) is 1.52. The van der Waals surface area contributed by atoms with Gasteiger partial charge in [-0.05, 0) is 19.1 Å². The molecule has 0 atom stereocenters. The zero-order chi connectivity index (χ0) is 11.8. The number of imidazole rings is 1. The molecule has 3 rings (SSSR count). The van der Waals surface area contributed by atoms with Crippen LogP contribution in [-0.4, -0.2) is 9.38 Å². The Bertz CT molecular complexity index is 731. The third-order valence-electron chi connectivity index (χ3n) is 2.67. The van der Waals surface area contributed by atoms with Gasteiger partial charge in [0.1, 0.15) is 10.7 Å². The predicted octanol–water partition coefficient (Wildman–Crippen LogP) is 3.24. The van der Waals surface area contributed by atoms with Crippen LogP contribution in [0.5, 0.6) is 0 Å². The fourth-order valence-corrected chi connectivity index (χ4v) is 2.69. The normalized spacial score (nSPS) is 10.6. The predicted molar refractivity (Wildman–Crippen MR) is 68.0 cm³/mol. The van der Waals surface area contributed by atoms with Crippen molar-refractivity contribution in [1.29, 1.82) is 5.26 Å². The van der Waals surface area contributed by atoms with Crippen molar-refractivity contribution in [3.63, 3.8) is 0 Å². The lowest BCUT2D eigenvalue weighted by Crippen LogP contribution is -1.86. The van der Waals surface area contributed by atoms with Crippen LogP contribution in [0.1, 0.15) is 11.3 Å². The average Bonchev–Trinajstić information content (AvgIpc) is 2.94. The first-order valence-corrected chi connectivity index (χ1v) is 6.10. The summed E-state index contributed by atoms with van der Waals surface area (Å²) < 4.78 is 2.07. The smallest absolute Gasteiger partial charge is 0.145 e. The zero-order valence-electron chi connectivity index (χ0n) is 9.21. The quantitative estimate of drug-likeness (QED) is 0.654. The molecule has 0 fully saturated rings. The molecule has 0 unspecified atom stereocenters. The highest BCUT2D eigenvalue weighted by molar-refractivity contribution is 7.15. The van der Waals surface area contributed by atoms with E-state index in [1.807, 2.05) is 36.7 Å². The SMILES string of the molecule is Cc1nc(-c2cccc(C#N)c2)n2ccsc12. The lowest BCUT2D eigenvalue weighted by Gasteiger charge is -1.98. The minimum absolute atomic E-state index is 0.659. The highest BCUT2D eigenvalue weighted by Gasteiger charge is 2.10. The zero-order valence-corrected chi connectivity index (χ0v) is 10.0. The van der Waals surface area contributed by atoms with Crippen LogP contribution in [-0.2, 0) is 0 Å². The summed E-state index contributed by atoms with van der Waals surface area (Å²) in [5.41, 5.74) is 2.66. The number of nitrogens with zero attached hydrogens (tertiary/aromatic N) is 3. The average molecular weight is 239 g/mol. The van der Waals surface area contributed by atoms with Crippen LogP contribution in [0.15, 0.2) is 35.8 Å². The van der Waals surface area contributed by atoms with Gasteiger partial charge in [-0.2, -0.15) is 5.26 Å². The van der Waals surface area contributed by atoms with E-state index in [9.17, 15) is 0 Å². The van der Waals surface area contributed by atoms with Gasteiger partial charge in [-0.15, -0.1) is 11.3 Å². The number of fused-ring (bicyclic) bond motifs is 1. The highest BCUT2D eigenvalue weighted by atomic mass is 32.1. The van der Waals surface area contributed by atoms with E-state index in [1.54, 1.807) is 17.4 Å². The van der Waals surface area contributed by atoms with Crippen molar-refractivity contribution in [3.8, 4) is 17.5 Å². The molecular formula is C13H9N3S. The van der Waals surface area contributed by atoms with Crippen LogP contribution >= 0.6 is 11.3 Å². The molecule has 4 heteroatoms. The van der Waals surface area contributed by atoms with E-state index in [4.69, 9.17) is 5.26 Å². The van der Waals surface area contributed by atoms with Crippen LogP contribution in [0, 0.1) is 18.3 Å². The topological polar surface area (TPSA) is 41.1 Å². The number of aryl methyl sites for hydroxylation is 1. The van der Waals surface area contributed by atoms with E-state index in [-0.39, 0.29) is 0 Å². The lowest BCUT2D eigenvalue weighted by atomic mass is 10.1. The minimum atomic E-state index is 0.659. The number of thiazole rings is 1. The van der Waals surface area contributed by atoms with Crippen molar-refractivity contribution in [2.75, 3.05) is 0 Å². The van der Waals surface area contributed by atoms with E-state index >= 15 is 0 Å². The molecular weight excluding hydrogens is 230 g/mol. The van der Waals surface area contributed by atoms with Gasteiger partial charge in [-0.25, -0.2) is 4.98 Å². The molecule has 82 valence electrons. The summed E-state index contributed by atoms with van der Waals surface area (Å²) >= 11 is 1.67. The van der Waals surface area contributed by atoms with Crippen LogP contribution < -0.4 is 0 Å². The maximum atomic E-state index is 8.91. The summed E-state index contributed by atoms with van der Waals surface area (Å²) in [5.74, 6) is 0.899. The van der Waals surface area contributed by atoms with Crippen LogP contribution in [0.4, 0.5) is 0 Å². The van der Waals surface area contributed by atoms with Gasteiger partial charge < -0.3 is 0 Å². The number of hydrogen-bond donors (Lipinski definition) is 0. The molecule has 3 nitrogen and oxygen atoms in total. The number of benzene rings is 1. The molecule has 1 aromatic carbocycles. The van der Waals surface area contributed by atoms with Gasteiger partial charge >= 0.3 is 0 Å². The number of aromatic nitrogens is 2. The molecule has 0 bridgehead atoms. The fourth-order valence-electron chi connectivity index (χ4n) is 1.90. The van der Waals surface area contributed by atoms with E-state index in [1.165, 1.54) is 0 Å². The fraction of sp³-hybridized carbons (Fsp3) is 0.0769. The monoisotopic (exact) mass is 239 g/mol. The van der Waals surface area contributed by atoms with Crippen LogP contribution in [0.3, 0.4) is 0 Å². The van der Waals surface area contributed by atoms with Crippen molar-refractivity contribution in [1.82, 2.24) is 9.38 Å². The molecule has 3 aromatic rings. The molecule has 17 heavy (non-hydrogen) atoms. The first kappa shape index (κ1) is 10.1. The molecule has 0 aliphatic carbocycles. The summed E-state index contributed by atoms with van der Waals surface area (Å²) in [5, 5.41) is 11.0. The molecule has 0 saturated heterocycles. The van der Waals surface area contributed by atoms with E-state index in [2.05, 4.69) is 15.5 Å². The maximum Gasteiger partial charge on any atom is 0.145 e. The standard InChI is InChI=1S/C13H9N3S/c1-9-13-16(5-6-17-13)12(15-9)11-4-2-3-10(7-11)8-14/h2-7H,1H3. The van der Waals surface area contributed by atoms with E-state index in [0.717, 1.165) is 21.9 Å². The minimum Gasteiger partial charge on any atom is -0.290 e. The Morgan fingerprint density at radius 1 is 1.41 bits per heavy atom. The Morgan fingerprint density at radius 3 is 3.12 bits per heavy atom. The van der Waals surface area contributed by atoms with Crippen molar-refractivity contribution < 1.29 is 0 Å². The van der Waals surface area contributed by atoms with Crippen molar-refractivity contribution in [2.45, 2.75) is 6.92 Å². The number of rotatable bonds is 1. The summed E-state index contributed by atoms with van der Waals surface area (Å²) in [6, 6.07) is 9.68. The third-order valence-corrected chi connectivity index (χ3v) is 3.64. The Balaban J connectivity index is 2.27. The first-order valence-electron chi connectivity index (χ1n) is 5.22. The molecule has 0 spiro atoms. The van der Waals surface area contributed by atoms with Gasteiger partial charge in [0.25, 0.3) is 0 Å². The molecule has 0 N–H and O–H groups in total. The molecule has 0 aliphatic rings. The van der Waals surface area contributed by atoms with Crippen LogP contribution in [0.2, 0.25) is 0 Å². The molecule has 2 aromatic heterocycles. The lowest BCUT2D eigenvalue weighted by molar-refractivity contribution is 1.17. The van der Waals surface area contributed by atoms with Gasteiger partial charge in [0.15, 0.2) is 0 Å².